The first-order valence-corrected chi connectivity index (χ1v) is 4.58. The number of benzene rings is 1. The Labute approximate surface area is 82.1 Å². The number of nitrogens with two attached hydrogens (primary N) is 1. The van der Waals surface area contributed by atoms with Crippen LogP contribution in [-0.2, 0) is 0 Å². The minimum atomic E-state index is -0.463. The molecule has 14 heavy (non-hydrogen) atoms. The molecule has 1 unspecified atom stereocenters. The van der Waals surface area contributed by atoms with Gasteiger partial charge in [-0.2, -0.15) is 0 Å². The average Bonchev–Trinajstić information content (AvgIpc) is 2.19. The molecule has 1 atom stereocenters. The lowest BCUT2D eigenvalue weighted by Crippen LogP contribution is -2.28. The SMILES string of the molecule is CCC(N)CNc1cc(F)ccc1F. The first kappa shape index (κ1) is 10.9. The summed E-state index contributed by atoms with van der Waals surface area (Å²) in [5.74, 6) is -0.923. The predicted molar refractivity (Wildman–Crippen MR) is 53.1 cm³/mol. The molecule has 0 aromatic heterocycles. The van der Waals surface area contributed by atoms with Gasteiger partial charge in [0.25, 0.3) is 0 Å². The van der Waals surface area contributed by atoms with Crippen molar-refractivity contribution in [3.8, 4) is 0 Å². The first-order valence-electron chi connectivity index (χ1n) is 4.58. The van der Waals surface area contributed by atoms with Crippen molar-refractivity contribution in [2.75, 3.05) is 11.9 Å². The Morgan fingerprint density at radius 3 is 2.79 bits per heavy atom. The highest BCUT2D eigenvalue weighted by Crippen LogP contribution is 2.14. The van der Waals surface area contributed by atoms with Crippen molar-refractivity contribution in [3.63, 3.8) is 0 Å². The normalized spacial score (nSPS) is 12.6. The lowest BCUT2D eigenvalue weighted by atomic mass is 10.2. The highest BCUT2D eigenvalue weighted by Gasteiger charge is 2.04. The fourth-order valence-electron chi connectivity index (χ4n) is 1.02. The molecule has 0 radical (unpaired) electrons. The minimum absolute atomic E-state index is 0.0438. The Morgan fingerprint density at radius 1 is 1.43 bits per heavy atom. The van der Waals surface area contributed by atoms with Gasteiger partial charge in [0, 0.05) is 12.6 Å². The van der Waals surface area contributed by atoms with Crippen molar-refractivity contribution in [2.24, 2.45) is 5.73 Å². The van der Waals surface area contributed by atoms with Gasteiger partial charge < -0.3 is 11.1 Å². The zero-order valence-corrected chi connectivity index (χ0v) is 8.06. The molecule has 4 heteroatoms. The van der Waals surface area contributed by atoms with Crippen molar-refractivity contribution in [3.05, 3.63) is 29.8 Å². The first-order chi connectivity index (χ1) is 6.63. The fraction of sp³-hybridized carbons (Fsp3) is 0.400. The number of halogens is 2. The van der Waals surface area contributed by atoms with Crippen LogP contribution >= 0.6 is 0 Å². The molecule has 0 aliphatic rings. The highest BCUT2D eigenvalue weighted by atomic mass is 19.1. The van der Waals surface area contributed by atoms with E-state index in [1.54, 1.807) is 0 Å². The van der Waals surface area contributed by atoms with Gasteiger partial charge >= 0.3 is 0 Å². The Bertz CT molecular complexity index is 302. The molecule has 3 N–H and O–H groups in total. The van der Waals surface area contributed by atoms with Crippen LogP contribution in [0.4, 0.5) is 14.5 Å². The Balaban J connectivity index is 2.62. The maximum absolute atomic E-state index is 13.1. The van der Waals surface area contributed by atoms with Gasteiger partial charge in [-0.1, -0.05) is 6.92 Å². The minimum Gasteiger partial charge on any atom is -0.381 e. The quantitative estimate of drug-likeness (QED) is 0.781. The molecule has 0 saturated heterocycles. The van der Waals surface area contributed by atoms with Crippen LogP contribution in [0.3, 0.4) is 0 Å². The molecule has 1 aromatic rings. The third-order valence-electron chi connectivity index (χ3n) is 2.01. The average molecular weight is 200 g/mol. The molecule has 1 rings (SSSR count). The van der Waals surface area contributed by atoms with Crippen LogP contribution in [0.1, 0.15) is 13.3 Å². The molecule has 78 valence electrons. The number of rotatable bonds is 4. The van der Waals surface area contributed by atoms with E-state index < -0.39 is 11.6 Å². The van der Waals surface area contributed by atoms with Gasteiger partial charge in [-0.15, -0.1) is 0 Å². The van der Waals surface area contributed by atoms with E-state index >= 15 is 0 Å². The van der Waals surface area contributed by atoms with Crippen LogP contribution in [0.5, 0.6) is 0 Å². The standard InChI is InChI=1S/C10H14F2N2/c1-2-8(13)6-14-10-5-7(11)3-4-9(10)12/h3-5,8,14H,2,6,13H2,1H3. The van der Waals surface area contributed by atoms with E-state index in [9.17, 15) is 8.78 Å². The van der Waals surface area contributed by atoms with E-state index in [1.807, 2.05) is 6.92 Å². The van der Waals surface area contributed by atoms with Crippen molar-refractivity contribution in [2.45, 2.75) is 19.4 Å². The third-order valence-corrected chi connectivity index (χ3v) is 2.01. The zero-order chi connectivity index (χ0) is 10.6. The Hall–Kier alpha value is -1.16. The second kappa shape index (κ2) is 4.91. The smallest absolute Gasteiger partial charge is 0.146 e. The Kier molecular flexibility index (Phi) is 3.83. The van der Waals surface area contributed by atoms with Crippen molar-refractivity contribution >= 4 is 5.69 Å². The van der Waals surface area contributed by atoms with Gasteiger partial charge in [-0.3, -0.25) is 0 Å². The number of hydrogen-bond donors (Lipinski definition) is 2. The van der Waals surface area contributed by atoms with Crippen LogP contribution in [0.2, 0.25) is 0 Å². The van der Waals surface area contributed by atoms with Crippen molar-refractivity contribution in [1.82, 2.24) is 0 Å². The predicted octanol–water partition coefficient (Wildman–Crippen LogP) is 2.11. The number of hydrogen-bond acceptors (Lipinski definition) is 2. The Morgan fingerprint density at radius 2 is 2.14 bits per heavy atom. The lowest BCUT2D eigenvalue weighted by Gasteiger charge is -2.11. The second-order valence-corrected chi connectivity index (χ2v) is 3.17. The molecule has 0 amide bonds. The molecule has 0 saturated carbocycles. The maximum Gasteiger partial charge on any atom is 0.146 e. The van der Waals surface area contributed by atoms with Gasteiger partial charge in [0.2, 0.25) is 0 Å². The summed E-state index contributed by atoms with van der Waals surface area (Å²) < 4.78 is 25.8. The van der Waals surface area contributed by atoms with Gasteiger partial charge in [0.1, 0.15) is 11.6 Å². The highest BCUT2D eigenvalue weighted by molar-refractivity contribution is 5.44. The lowest BCUT2D eigenvalue weighted by molar-refractivity contribution is 0.599. The van der Waals surface area contributed by atoms with Crippen molar-refractivity contribution in [1.29, 1.82) is 0 Å². The van der Waals surface area contributed by atoms with Crippen LogP contribution in [-0.4, -0.2) is 12.6 Å². The molecule has 1 aromatic carbocycles. The van der Waals surface area contributed by atoms with Gasteiger partial charge in [-0.25, -0.2) is 8.78 Å². The van der Waals surface area contributed by atoms with Crippen molar-refractivity contribution < 1.29 is 8.78 Å². The summed E-state index contributed by atoms with van der Waals surface area (Å²) in [7, 11) is 0. The third kappa shape index (κ3) is 2.96. The van der Waals surface area contributed by atoms with E-state index in [0.29, 0.717) is 6.54 Å². The molecule has 0 heterocycles. The monoisotopic (exact) mass is 200 g/mol. The summed E-state index contributed by atoms with van der Waals surface area (Å²) in [4.78, 5) is 0. The van der Waals surface area contributed by atoms with E-state index in [0.717, 1.165) is 24.6 Å². The molecule has 0 spiro atoms. The van der Waals surface area contributed by atoms with Gasteiger partial charge in [0.05, 0.1) is 5.69 Å². The van der Waals surface area contributed by atoms with Crippen LogP contribution < -0.4 is 11.1 Å². The summed E-state index contributed by atoms with van der Waals surface area (Å²) in [5, 5.41) is 2.76. The second-order valence-electron chi connectivity index (χ2n) is 3.17. The molecule has 0 bridgehead atoms. The van der Waals surface area contributed by atoms with Gasteiger partial charge in [-0.05, 0) is 24.6 Å². The van der Waals surface area contributed by atoms with Crippen LogP contribution in [0.15, 0.2) is 18.2 Å². The van der Waals surface area contributed by atoms with Crippen LogP contribution in [0, 0.1) is 11.6 Å². The van der Waals surface area contributed by atoms with E-state index in [1.165, 1.54) is 0 Å². The molecule has 0 aliphatic carbocycles. The summed E-state index contributed by atoms with van der Waals surface area (Å²) in [6.45, 7) is 2.38. The summed E-state index contributed by atoms with van der Waals surface area (Å²) >= 11 is 0. The summed E-state index contributed by atoms with van der Waals surface area (Å²) in [6, 6.07) is 3.25. The largest absolute Gasteiger partial charge is 0.381 e. The summed E-state index contributed by atoms with van der Waals surface area (Å²) in [5.41, 5.74) is 5.79. The van der Waals surface area contributed by atoms with E-state index in [4.69, 9.17) is 5.73 Å². The maximum atomic E-state index is 13.1. The number of anilines is 1. The van der Waals surface area contributed by atoms with E-state index in [-0.39, 0.29) is 11.7 Å². The fourth-order valence-corrected chi connectivity index (χ4v) is 1.02. The number of nitrogens with one attached hydrogen (secondary N) is 1. The molecular weight excluding hydrogens is 186 g/mol. The molecule has 2 nitrogen and oxygen atoms in total. The van der Waals surface area contributed by atoms with E-state index in [2.05, 4.69) is 5.32 Å². The molecular formula is C10H14F2N2. The zero-order valence-electron chi connectivity index (χ0n) is 8.06. The topological polar surface area (TPSA) is 38.0 Å². The van der Waals surface area contributed by atoms with Gasteiger partial charge in [0.15, 0.2) is 0 Å². The molecule has 0 aliphatic heterocycles. The summed E-state index contributed by atoms with van der Waals surface area (Å²) in [6.07, 6.45) is 0.796. The molecule has 0 fully saturated rings. The van der Waals surface area contributed by atoms with Crippen LogP contribution in [0.25, 0.3) is 0 Å².